The lowest BCUT2D eigenvalue weighted by Crippen LogP contribution is -2.54. The summed E-state index contributed by atoms with van der Waals surface area (Å²) >= 11 is 0. The number of hydrogen-bond acceptors (Lipinski definition) is 4. The third kappa shape index (κ3) is 3.95. The molecule has 120 valence electrons. The van der Waals surface area contributed by atoms with Crippen molar-refractivity contribution >= 4 is 11.8 Å². The molecule has 2 rings (SSSR count). The number of morpholine rings is 1. The van der Waals surface area contributed by atoms with Crippen LogP contribution in [0.4, 0.5) is 0 Å². The molecule has 2 unspecified atom stereocenters. The molecule has 2 N–H and O–H groups in total. The second-order valence-electron chi connectivity index (χ2n) is 6.36. The lowest BCUT2D eigenvalue weighted by molar-refractivity contribution is -0.147. The minimum Gasteiger partial charge on any atom is -0.378 e. The summed E-state index contributed by atoms with van der Waals surface area (Å²) in [6.45, 7) is 7.15. The Morgan fingerprint density at radius 2 is 1.90 bits per heavy atom. The number of amides is 2. The normalized spacial score (nSPS) is 24.5. The van der Waals surface area contributed by atoms with Gasteiger partial charge in [0.2, 0.25) is 11.8 Å². The van der Waals surface area contributed by atoms with Crippen LogP contribution in [0, 0.1) is 5.92 Å². The molecule has 2 heterocycles. The van der Waals surface area contributed by atoms with E-state index < -0.39 is 6.04 Å². The number of carbonyl (C=O) groups excluding carboxylic acids is 2. The van der Waals surface area contributed by atoms with Gasteiger partial charge in [0.1, 0.15) is 6.04 Å². The third-order valence-corrected chi connectivity index (χ3v) is 4.19. The maximum absolute atomic E-state index is 12.6. The van der Waals surface area contributed by atoms with E-state index >= 15 is 0 Å². The fourth-order valence-corrected chi connectivity index (χ4v) is 3.10. The second kappa shape index (κ2) is 7.22. The SMILES string of the molecule is CC(C)CC(N)C(=O)N1CCCC1C(=O)N1CCOCC1. The van der Waals surface area contributed by atoms with Gasteiger partial charge in [0.05, 0.1) is 19.3 Å². The van der Waals surface area contributed by atoms with E-state index in [0.29, 0.717) is 45.2 Å². The number of ether oxygens (including phenoxy) is 1. The summed E-state index contributed by atoms with van der Waals surface area (Å²) < 4.78 is 5.27. The van der Waals surface area contributed by atoms with Crippen LogP contribution in [0.15, 0.2) is 0 Å². The van der Waals surface area contributed by atoms with Gasteiger partial charge in [-0.2, -0.15) is 0 Å². The molecule has 6 heteroatoms. The van der Waals surface area contributed by atoms with Gasteiger partial charge in [0, 0.05) is 19.6 Å². The van der Waals surface area contributed by atoms with Crippen LogP contribution < -0.4 is 5.73 Å². The van der Waals surface area contributed by atoms with E-state index in [-0.39, 0.29) is 17.9 Å². The second-order valence-corrected chi connectivity index (χ2v) is 6.36. The standard InChI is InChI=1S/C15H27N3O3/c1-11(2)10-12(16)14(19)18-5-3-4-13(18)15(20)17-6-8-21-9-7-17/h11-13H,3-10,16H2,1-2H3. The first kappa shape index (κ1) is 16.2. The van der Waals surface area contributed by atoms with Crippen LogP contribution >= 0.6 is 0 Å². The number of nitrogens with zero attached hydrogens (tertiary/aromatic N) is 2. The molecule has 0 aromatic heterocycles. The predicted molar refractivity (Wildman–Crippen MR) is 79.6 cm³/mol. The average Bonchev–Trinajstić information content (AvgIpc) is 2.95. The molecule has 2 aliphatic rings. The van der Waals surface area contributed by atoms with Gasteiger partial charge in [-0.05, 0) is 25.2 Å². The number of likely N-dealkylation sites (tertiary alicyclic amines) is 1. The number of hydrogen-bond donors (Lipinski definition) is 1. The summed E-state index contributed by atoms with van der Waals surface area (Å²) in [6, 6.07) is -0.822. The van der Waals surface area contributed by atoms with Crippen molar-refractivity contribution < 1.29 is 14.3 Å². The first-order valence-electron chi connectivity index (χ1n) is 7.93. The highest BCUT2D eigenvalue weighted by atomic mass is 16.5. The fraction of sp³-hybridized carbons (Fsp3) is 0.867. The van der Waals surface area contributed by atoms with E-state index in [1.165, 1.54) is 0 Å². The minimum atomic E-state index is -0.497. The molecule has 21 heavy (non-hydrogen) atoms. The Hall–Kier alpha value is -1.14. The highest BCUT2D eigenvalue weighted by Gasteiger charge is 2.38. The Labute approximate surface area is 126 Å². The van der Waals surface area contributed by atoms with Crippen LogP contribution in [0.2, 0.25) is 0 Å². The third-order valence-electron chi connectivity index (χ3n) is 4.19. The summed E-state index contributed by atoms with van der Waals surface area (Å²) in [7, 11) is 0. The van der Waals surface area contributed by atoms with Crippen LogP contribution in [0.25, 0.3) is 0 Å². The van der Waals surface area contributed by atoms with E-state index in [2.05, 4.69) is 0 Å². The van der Waals surface area contributed by atoms with Gasteiger partial charge >= 0.3 is 0 Å². The van der Waals surface area contributed by atoms with Gasteiger partial charge in [-0.15, -0.1) is 0 Å². The van der Waals surface area contributed by atoms with Crippen LogP contribution in [-0.2, 0) is 14.3 Å². The van der Waals surface area contributed by atoms with Crippen LogP contribution in [0.3, 0.4) is 0 Å². The van der Waals surface area contributed by atoms with Crippen molar-refractivity contribution in [1.29, 1.82) is 0 Å². The van der Waals surface area contributed by atoms with E-state index in [4.69, 9.17) is 10.5 Å². The highest BCUT2D eigenvalue weighted by molar-refractivity contribution is 5.90. The fourth-order valence-electron chi connectivity index (χ4n) is 3.10. The van der Waals surface area contributed by atoms with Crippen molar-refractivity contribution in [3.63, 3.8) is 0 Å². The van der Waals surface area contributed by atoms with Crippen molar-refractivity contribution in [3.05, 3.63) is 0 Å². The molecule has 2 atom stereocenters. The maximum atomic E-state index is 12.6. The molecule has 2 saturated heterocycles. The summed E-state index contributed by atoms with van der Waals surface area (Å²) in [5.41, 5.74) is 6.00. The van der Waals surface area contributed by atoms with E-state index in [1.807, 2.05) is 18.7 Å². The van der Waals surface area contributed by atoms with Gasteiger partial charge < -0.3 is 20.3 Å². The summed E-state index contributed by atoms with van der Waals surface area (Å²) in [4.78, 5) is 28.6. The smallest absolute Gasteiger partial charge is 0.245 e. The van der Waals surface area contributed by atoms with Gasteiger partial charge in [-0.1, -0.05) is 13.8 Å². The van der Waals surface area contributed by atoms with Crippen LogP contribution in [0.1, 0.15) is 33.1 Å². The van der Waals surface area contributed by atoms with Gasteiger partial charge in [0.15, 0.2) is 0 Å². The number of rotatable bonds is 4. The molecule has 2 fully saturated rings. The lowest BCUT2D eigenvalue weighted by Gasteiger charge is -2.33. The Morgan fingerprint density at radius 1 is 1.24 bits per heavy atom. The predicted octanol–water partition coefficient (Wildman–Crippen LogP) is 0.210. The number of carbonyl (C=O) groups is 2. The molecule has 0 spiro atoms. The van der Waals surface area contributed by atoms with Crippen molar-refractivity contribution in [3.8, 4) is 0 Å². The van der Waals surface area contributed by atoms with Crippen molar-refractivity contribution in [2.45, 2.75) is 45.2 Å². The molecule has 0 bridgehead atoms. The van der Waals surface area contributed by atoms with Gasteiger partial charge in [-0.3, -0.25) is 9.59 Å². The molecule has 2 aliphatic heterocycles. The van der Waals surface area contributed by atoms with Crippen molar-refractivity contribution in [1.82, 2.24) is 9.80 Å². The zero-order valence-corrected chi connectivity index (χ0v) is 13.1. The minimum absolute atomic E-state index is 0.0564. The van der Waals surface area contributed by atoms with E-state index in [1.54, 1.807) is 4.90 Å². The first-order valence-corrected chi connectivity index (χ1v) is 7.93. The Kier molecular flexibility index (Phi) is 5.58. The van der Waals surface area contributed by atoms with Crippen LogP contribution in [0.5, 0.6) is 0 Å². The molecule has 0 aromatic carbocycles. The molecule has 0 radical (unpaired) electrons. The molecule has 2 amide bonds. The number of nitrogens with two attached hydrogens (primary N) is 1. The molecular weight excluding hydrogens is 270 g/mol. The van der Waals surface area contributed by atoms with Gasteiger partial charge in [0.25, 0.3) is 0 Å². The monoisotopic (exact) mass is 297 g/mol. The zero-order chi connectivity index (χ0) is 15.4. The Morgan fingerprint density at radius 3 is 2.52 bits per heavy atom. The zero-order valence-electron chi connectivity index (χ0n) is 13.1. The molecular formula is C15H27N3O3. The quantitative estimate of drug-likeness (QED) is 0.805. The Balaban J connectivity index is 1.98. The molecule has 6 nitrogen and oxygen atoms in total. The van der Waals surface area contributed by atoms with Crippen LogP contribution in [-0.4, -0.2) is 66.5 Å². The Bertz CT molecular complexity index is 380. The largest absolute Gasteiger partial charge is 0.378 e. The molecule has 0 aromatic rings. The van der Waals surface area contributed by atoms with Gasteiger partial charge in [-0.25, -0.2) is 0 Å². The van der Waals surface area contributed by atoms with E-state index in [0.717, 1.165) is 12.8 Å². The lowest BCUT2D eigenvalue weighted by atomic mass is 10.0. The topological polar surface area (TPSA) is 75.9 Å². The molecule has 0 aliphatic carbocycles. The molecule has 0 saturated carbocycles. The first-order chi connectivity index (χ1) is 10.0. The average molecular weight is 297 g/mol. The highest BCUT2D eigenvalue weighted by Crippen LogP contribution is 2.21. The van der Waals surface area contributed by atoms with E-state index in [9.17, 15) is 9.59 Å². The van der Waals surface area contributed by atoms with Crippen molar-refractivity contribution in [2.24, 2.45) is 11.7 Å². The van der Waals surface area contributed by atoms with Crippen molar-refractivity contribution in [2.75, 3.05) is 32.8 Å². The maximum Gasteiger partial charge on any atom is 0.245 e. The summed E-state index contributed by atoms with van der Waals surface area (Å²) in [5, 5.41) is 0. The summed E-state index contributed by atoms with van der Waals surface area (Å²) in [5.74, 6) is 0.355. The summed E-state index contributed by atoms with van der Waals surface area (Å²) in [6.07, 6.45) is 2.28.